The number of nitrogens with one attached hydrogen (secondary N) is 1. The third kappa shape index (κ3) is 6.27. The molecule has 2 aliphatic heterocycles. The number of benzene rings is 1. The minimum atomic E-state index is -0.567. The molecule has 35 heavy (non-hydrogen) atoms. The number of fused-ring (bicyclic) bond motifs is 1. The van der Waals surface area contributed by atoms with Crippen molar-refractivity contribution in [3.05, 3.63) is 34.5 Å². The molecule has 0 spiro atoms. The number of nitro benzene ring substituents is 1. The Labute approximate surface area is 204 Å². The highest BCUT2D eigenvalue weighted by atomic mass is 16.6. The lowest BCUT2D eigenvalue weighted by molar-refractivity contribution is -0.384. The van der Waals surface area contributed by atoms with Gasteiger partial charge in [0, 0.05) is 49.7 Å². The monoisotopic (exact) mass is 486 g/mol. The number of rotatable bonds is 5. The van der Waals surface area contributed by atoms with Gasteiger partial charge in [0.2, 0.25) is 5.91 Å². The normalized spacial score (nSPS) is 21.6. The molecule has 2 atom stereocenters. The number of ether oxygens (including phenoxy) is 1. The first-order valence-electron chi connectivity index (χ1n) is 12.2. The molecule has 11 heteroatoms. The number of hydrogen-bond acceptors (Lipinski definition) is 7. The average molecular weight is 487 g/mol. The van der Waals surface area contributed by atoms with Gasteiger partial charge in [0.1, 0.15) is 5.60 Å². The van der Waals surface area contributed by atoms with E-state index in [0.29, 0.717) is 26.3 Å². The third-order valence-electron chi connectivity index (χ3n) is 6.47. The minimum Gasteiger partial charge on any atom is -0.444 e. The summed E-state index contributed by atoms with van der Waals surface area (Å²) in [5, 5.41) is 19.6. The second kappa shape index (κ2) is 10.2. The van der Waals surface area contributed by atoms with Gasteiger partial charge in [0.15, 0.2) is 0 Å². The molecular weight excluding hydrogens is 452 g/mol. The Bertz CT molecular complexity index is 1090. The molecule has 0 bridgehead atoms. The summed E-state index contributed by atoms with van der Waals surface area (Å²) in [6.45, 7) is 8.50. The van der Waals surface area contributed by atoms with Gasteiger partial charge in [-0.25, -0.2) is 4.79 Å². The molecule has 2 aromatic rings. The van der Waals surface area contributed by atoms with Crippen LogP contribution in [-0.2, 0) is 16.2 Å². The van der Waals surface area contributed by atoms with Gasteiger partial charge in [-0.05, 0) is 52.5 Å². The summed E-state index contributed by atoms with van der Waals surface area (Å²) < 4.78 is 7.24. The molecule has 1 aromatic carbocycles. The molecule has 0 unspecified atom stereocenters. The molecule has 0 saturated carbocycles. The SMILES string of the molecule is CC(C)(C)OC(=O)N1CCC[C@H](C(=O)N[C@H]2CCCN(Cn3ncc4ccc([N+](=O)[O-])cc43)C2)C1. The molecule has 11 nitrogen and oxygen atoms in total. The van der Waals surface area contributed by atoms with Crippen LogP contribution in [0.5, 0.6) is 0 Å². The van der Waals surface area contributed by atoms with Crippen molar-refractivity contribution in [2.75, 3.05) is 26.2 Å². The highest BCUT2D eigenvalue weighted by molar-refractivity contribution is 5.81. The zero-order valence-electron chi connectivity index (χ0n) is 20.6. The Kier molecular flexibility index (Phi) is 7.25. The van der Waals surface area contributed by atoms with E-state index in [9.17, 15) is 19.7 Å². The summed E-state index contributed by atoms with van der Waals surface area (Å²) in [6.07, 6.45) is 4.67. The van der Waals surface area contributed by atoms with E-state index in [4.69, 9.17) is 4.74 Å². The van der Waals surface area contributed by atoms with Crippen LogP contribution in [0.25, 0.3) is 10.9 Å². The van der Waals surface area contributed by atoms with E-state index in [0.717, 1.165) is 43.1 Å². The lowest BCUT2D eigenvalue weighted by Crippen LogP contribution is -2.52. The van der Waals surface area contributed by atoms with Crippen LogP contribution in [-0.4, -0.2) is 74.3 Å². The van der Waals surface area contributed by atoms with Gasteiger partial charge in [0.05, 0.1) is 29.2 Å². The van der Waals surface area contributed by atoms with Gasteiger partial charge in [-0.15, -0.1) is 0 Å². The minimum absolute atomic E-state index is 0.00400. The average Bonchev–Trinajstić information content (AvgIpc) is 3.20. The number of hydrogen-bond donors (Lipinski definition) is 1. The van der Waals surface area contributed by atoms with Crippen molar-refractivity contribution in [3.63, 3.8) is 0 Å². The lowest BCUT2D eigenvalue weighted by Gasteiger charge is -2.36. The Morgan fingerprint density at radius 1 is 1.20 bits per heavy atom. The standard InChI is InChI=1S/C24H34N6O5/c1-24(2,3)35-23(32)28-11-4-6-18(14-28)22(31)26-19-7-5-10-27(15-19)16-29-21-12-20(30(33)34)9-8-17(21)13-25-29/h8-9,12-13,18-19H,4-7,10-11,14-16H2,1-3H3,(H,26,31)/t18-,19-/m0/s1. The van der Waals surface area contributed by atoms with E-state index in [1.165, 1.54) is 6.07 Å². The Morgan fingerprint density at radius 3 is 2.71 bits per heavy atom. The summed E-state index contributed by atoms with van der Waals surface area (Å²) in [4.78, 5) is 40.1. The van der Waals surface area contributed by atoms with Crippen molar-refractivity contribution in [3.8, 4) is 0 Å². The number of nitro groups is 1. The number of aromatic nitrogens is 2. The molecule has 4 rings (SSSR count). The zero-order chi connectivity index (χ0) is 25.2. The maximum Gasteiger partial charge on any atom is 0.410 e. The Hall–Kier alpha value is -3.21. The van der Waals surface area contributed by atoms with Crippen LogP contribution in [0.1, 0.15) is 46.5 Å². The number of carbonyl (C=O) groups excluding carboxylic acids is 2. The second-order valence-electron chi connectivity index (χ2n) is 10.5. The summed E-state index contributed by atoms with van der Waals surface area (Å²) >= 11 is 0. The molecule has 2 aliphatic rings. The first-order chi connectivity index (χ1) is 16.6. The molecule has 0 aliphatic carbocycles. The molecule has 190 valence electrons. The number of non-ortho nitro benzene ring substituents is 1. The van der Waals surface area contributed by atoms with Gasteiger partial charge in [-0.3, -0.25) is 24.5 Å². The van der Waals surface area contributed by atoms with Crippen molar-refractivity contribution in [1.29, 1.82) is 0 Å². The highest BCUT2D eigenvalue weighted by Gasteiger charge is 2.32. The van der Waals surface area contributed by atoms with Crippen LogP contribution in [0.3, 0.4) is 0 Å². The van der Waals surface area contributed by atoms with Crippen LogP contribution >= 0.6 is 0 Å². The van der Waals surface area contributed by atoms with Gasteiger partial charge in [-0.1, -0.05) is 0 Å². The largest absolute Gasteiger partial charge is 0.444 e. The third-order valence-corrected chi connectivity index (χ3v) is 6.47. The van der Waals surface area contributed by atoms with Crippen molar-refractivity contribution < 1.29 is 19.2 Å². The van der Waals surface area contributed by atoms with Gasteiger partial charge in [-0.2, -0.15) is 5.10 Å². The van der Waals surface area contributed by atoms with E-state index < -0.39 is 10.5 Å². The smallest absolute Gasteiger partial charge is 0.410 e. The predicted octanol–water partition coefficient (Wildman–Crippen LogP) is 3.13. The molecule has 1 N–H and O–H groups in total. The molecule has 2 amide bonds. The molecule has 2 fully saturated rings. The maximum absolute atomic E-state index is 13.0. The molecule has 1 aromatic heterocycles. The number of piperidine rings is 2. The van der Waals surface area contributed by atoms with Gasteiger partial charge >= 0.3 is 6.09 Å². The Balaban J connectivity index is 1.33. The summed E-state index contributed by atoms with van der Waals surface area (Å²) in [7, 11) is 0. The van der Waals surface area contributed by atoms with E-state index in [-0.39, 0.29) is 29.6 Å². The van der Waals surface area contributed by atoms with Crippen LogP contribution in [0, 0.1) is 16.0 Å². The summed E-state index contributed by atoms with van der Waals surface area (Å²) in [5.41, 5.74) is 0.189. The zero-order valence-corrected chi connectivity index (χ0v) is 20.6. The second-order valence-corrected chi connectivity index (χ2v) is 10.5. The van der Waals surface area contributed by atoms with Crippen LogP contribution in [0.4, 0.5) is 10.5 Å². The van der Waals surface area contributed by atoms with Gasteiger partial charge in [0.25, 0.3) is 5.69 Å². The molecule has 2 saturated heterocycles. The van der Waals surface area contributed by atoms with E-state index in [1.54, 1.807) is 27.9 Å². The summed E-state index contributed by atoms with van der Waals surface area (Å²) in [6, 6.07) is 4.74. The number of carbonyl (C=O) groups is 2. The quantitative estimate of drug-likeness (QED) is 0.509. The fraction of sp³-hybridized carbons (Fsp3) is 0.625. The fourth-order valence-corrected chi connectivity index (χ4v) is 4.78. The predicted molar refractivity (Wildman–Crippen MR) is 130 cm³/mol. The van der Waals surface area contributed by atoms with E-state index >= 15 is 0 Å². The first kappa shape index (κ1) is 24.9. The fourth-order valence-electron chi connectivity index (χ4n) is 4.78. The molecule has 3 heterocycles. The summed E-state index contributed by atoms with van der Waals surface area (Å²) in [5.74, 6) is -0.271. The number of likely N-dealkylation sites (tertiary alicyclic amines) is 2. The maximum atomic E-state index is 13.0. The highest BCUT2D eigenvalue weighted by Crippen LogP contribution is 2.23. The topological polar surface area (TPSA) is 123 Å². The first-order valence-corrected chi connectivity index (χ1v) is 12.2. The van der Waals surface area contributed by atoms with Crippen molar-refractivity contribution in [2.45, 2.75) is 64.8 Å². The number of nitrogens with zero attached hydrogens (tertiary/aromatic N) is 5. The number of amides is 2. The van der Waals surface area contributed by atoms with E-state index in [1.807, 2.05) is 20.8 Å². The van der Waals surface area contributed by atoms with Crippen molar-refractivity contribution in [2.24, 2.45) is 5.92 Å². The van der Waals surface area contributed by atoms with E-state index in [2.05, 4.69) is 15.3 Å². The van der Waals surface area contributed by atoms with Gasteiger partial charge < -0.3 is 15.0 Å². The van der Waals surface area contributed by atoms with Crippen LogP contribution < -0.4 is 5.32 Å². The van der Waals surface area contributed by atoms with Crippen molar-refractivity contribution in [1.82, 2.24) is 24.9 Å². The Morgan fingerprint density at radius 2 is 1.97 bits per heavy atom. The lowest BCUT2D eigenvalue weighted by atomic mass is 9.96. The van der Waals surface area contributed by atoms with Crippen molar-refractivity contribution >= 4 is 28.6 Å². The van der Waals surface area contributed by atoms with Crippen LogP contribution in [0.15, 0.2) is 24.4 Å². The van der Waals surface area contributed by atoms with Crippen LogP contribution in [0.2, 0.25) is 0 Å². The molecule has 0 radical (unpaired) electrons. The molecular formula is C24H34N6O5.